The Balaban J connectivity index is 1.56. The molecule has 4 aromatic rings. The van der Waals surface area contributed by atoms with Gasteiger partial charge in [0.2, 0.25) is 0 Å². The van der Waals surface area contributed by atoms with Gasteiger partial charge in [-0.1, -0.05) is 6.07 Å². The van der Waals surface area contributed by atoms with Crippen molar-refractivity contribution in [3.05, 3.63) is 65.9 Å². The fourth-order valence-electron chi connectivity index (χ4n) is 2.34. The minimum absolute atomic E-state index is 0.733. The standard InChI is InChI=1S/C16H13N3S/c1-2-7-19-11-14(18-16(19)3-1)10-17-13-4-5-15-12(9-13)6-8-20-15/h1-9,11,17H,10H2. The van der Waals surface area contributed by atoms with E-state index < -0.39 is 0 Å². The van der Waals surface area contributed by atoms with Crippen molar-refractivity contribution >= 4 is 32.8 Å². The molecular formula is C16H13N3S. The second-order valence-electron chi connectivity index (χ2n) is 4.73. The average molecular weight is 279 g/mol. The van der Waals surface area contributed by atoms with Crippen LogP contribution >= 0.6 is 11.3 Å². The first kappa shape index (κ1) is 11.5. The zero-order valence-corrected chi connectivity index (χ0v) is 11.6. The largest absolute Gasteiger partial charge is 0.379 e. The number of anilines is 1. The van der Waals surface area contributed by atoms with Crippen LogP contribution in [0.4, 0.5) is 5.69 Å². The summed E-state index contributed by atoms with van der Waals surface area (Å²) in [6, 6.07) is 14.6. The second-order valence-corrected chi connectivity index (χ2v) is 5.67. The van der Waals surface area contributed by atoms with Crippen LogP contribution in [0.2, 0.25) is 0 Å². The molecule has 1 aromatic carbocycles. The van der Waals surface area contributed by atoms with Gasteiger partial charge in [0.25, 0.3) is 0 Å². The van der Waals surface area contributed by atoms with Gasteiger partial charge in [0.05, 0.1) is 12.2 Å². The van der Waals surface area contributed by atoms with Gasteiger partial charge in [-0.2, -0.15) is 0 Å². The molecule has 0 atom stereocenters. The number of fused-ring (bicyclic) bond motifs is 2. The van der Waals surface area contributed by atoms with Crippen molar-refractivity contribution < 1.29 is 0 Å². The van der Waals surface area contributed by atoms with Gasteiger partial charge in [-0.25, -0.2) is 4.98 Å². The van der Waals surface area contributed by atoms with E-state index in [1.54, 1.807) is 11.3 Å². The van der Waals surface area contributed by atoms with Crippen LogP contribution in [0.5, 0.6) is 0 Å². The lowest BCUT2D eigenvalue weighted by molar-refractivity contribution is 1.08. The van der Waals surface area contributed by atoms with Crippen molar-refractivity contribution in [1.29, 1.82) is 0 Å². The summed E-state index contributed by atoms with van der Waals surface area (Å²) < 4.78 is 3.36. The quantitative estimate of drug-likeness (QED) is 0.610. The molecule has 0 saturated carbocycles. The topological polar surface area (TPSA) is 29.3 Å². The molecule has 0 unspecified atom stereocenters. The predicted octanol–water partition coefficient (Wildman–Crippen LogP) is 4.16. The van der Waals surface area contributed by atoms with Gasteiger partial charge < -0.3 is 9.72 Å². The summed E-state index contributed by atoms with van der Waals surface area (Å²) in [4.78, 5) is 4.58. The molecule has 0 radical (unpaired) electrons. The van der Waals surface area contributed by atoms with E-state index in [4.69, 9.17) is 0 Å². The summed E-state index contributed by atoms with van der Waals surface area (Å²) >= 11 is 1.77. The monoisotopic (exact) mass is 279 g/mol. The molecule has 0 amide bonds. The lowest BCUT2D eigenvalue weighted by atomic mass is 10.2. The van der Waals surface area contributed by atoms with E-state index in [2.05, 4.69) is 46.1 Å². The van der Waals surface area contributed by atoms with Gasteiger partial charge in [0, 0.05) is 22.8 Å². The second kappa shape index (κ2) is 4.65. The van der Waals surface area contributed by atoms with E-state index in [-0.39, 0.29) is 0 Å². The van der Waals surface area contributed by atoms with Crippen LogP contribution in [0.15, 0.2) is 60.2 Å². The van der Waals surface area contributed by atoms with Crippen LogP contribution in [-0.4, -0.2) is 9.38 Å². The Labute approximate surface area is 120 Å². The highest BCUT2D eigenvalue weighted by molar-refractivity contribution is 7.17. The molecule has 0 spiro atoms. The number of nitrogens with zero attached hydrogens (tertiary/aromatic N) is 2. The molecule has 0 fully saturated rings. The number of benzene rings is 1. The first-order valence-corrected chi connectivity index (χ1v) is 7.40. The molecule has 4 rings (SSSR count). The van der Waals surface area contributed by atoms with E-state index in [1.165, 1.54) is 10.1 Å². The molecular weight excluding hydrogens is 266 g/mol. The van der Waals surface area contributed by atoms with Crippen molar-refractivity contribution in [3.63, 3.8) is 0 Å². The number of rotatable bonds is 3. The summed E-state index contributed by atoms with van der Waals surface area (Å²) in [6.45, 7) is 0.733. The summed E-state index contributed by atoms with van der Waals surface area (Å²) in [5.41, 5.74) is 3.16. The van der Waals surface area contributed by atoms with Crippen molar-refractivity contribution in [2.75, 3.05) is 5.32 Å². The fourth-order valence-corrected chi connectivity index (χ4v) is 3.11. The normalized spacial score (nSPS) is 11.2. The zero-order valence-electron chi connectivity index (χ0n) is 10.8. The molecule has 0 aliphatic carbocycles. The summed E-state index contributed by atoms with van der Waals surface area (Å²) in [7, 11) is 0. The third-order valence-corrected chi connectivity index (χ3v) is 4.24. The summed E-state index contributed by atoms with van der Waals surface area (Å²) in [5.74, 6) is 0. The first-order valence-electron chi connectivity index (χ1n) is 6.52. The molecule has 98 valence electrons. The first-order chi connectivity index (χ1) is 9.88. The Kier molecular flexibility index (Phi) is 2.67. The number of thiophene rings is 1. The minimum atomic E-state index is 0.733. The van der Waals surface area contributed by atoms with Gasteiger partial charge >= 0.3 is 0 Å². The Hall–Kier alpha value is -2.33. The number of hydrogen-bond donors (Lipinski definition) is 1. The SMILES string of the molecule is c1ccn2cc(CNc3ccc4sccc4c3)nc2c1. The number of aromatic nitrogens is 2. The molecule has 20 heavy (non-hydrogen) atoms. The maximum absolute atomic E-state index is 4.58. The number of hydrogen-bond acceptors (Lipinski definition) is 3. The van der Waals surface area contributed by atoms with Crippen LogP contribution < -0.4 is 5.32 Å². The van der Waals surface area contributed by atoms with E-state index in [9.17, 15) is 0 Å². The summed E-state index contributed by atoms with van der Waals surface area (Å²) in [6.07, 6.45) is 4.08. The molecule has 0 aliphatic rings. The van der Waals surface area contributed by atoms with Gasteiger partial charge in [0.15, 0.2) is 0 Å². The molecule has 3 heterocycles. The van der Waals surface area contributed by atoms with E-state index >= 15 is 0 Å². The van der Waals surface area contributed by atoms with Crippen LogP contribution in [0, 0.1) is 0 Å². The lowest BCUT2D eigenvalue weighted by Crippen LogP contribution is -1.99. The van der Waals surface area contributed by atoms with Crippen LogP contribution in [0.3, 0.4) is 0 Å². The fraction of sp³-hybridized carbons (Fsp3) is 0.0625. The molecule has 3 nitrogen and oxygen atoms in total. The number of imidazole rings is 1. The third-order valence-electron chi connectivity index (χ3n) is 3.34. The number of pyridine rings is 1. The highest BCUT2D eigenvalue weighted by Gasteiger charge is 2.01. The Morgan fingerprint density at radius 2 is 2.15 bits per heavy atom. The van der Waals surface area contributed by atoms with Gasteiger partial charge in [-0.15, -0.1) is 11.3 Å². The van der Waals surface area contributed by atoms with Crippen molar-refractivity contribution in [2.45, 2.75) is 6.54 Å². The van der Waals surface area contributed by atoms with E-state index in [1.807, 2.05) is 28.8 Å². The summed E-state index contributed by atoms with van der Waals surface area (Å²) in [5, 5.41) is 6.84. The molecule has 0 saturated heterocycles. The smallest absolute Gasteiger partial charge is 0.137 e. The Bertz CT molecular complexity index is 840. The Morgan fingerprint density at radius 3 is 3.10 bits per heavy atom. The Morgan fingerprint density at radius 1 is 1.15 bits per heavy atom. The van der Waals surface area contributed by atoms with Gasteiger partial charge in [0.1, 0.15) is 5.65 Å². The molecule has 1 N–H and O–H groups in total. The van der Waals surface area contributed by atoms with E-state index in [0.29, 0.717) is 0 Å². The molecule has 0 aliphatic heterocycles. The minimum Gasteiger partial charge on any atom is -0.379 e. The van der Waals surface area contributed by atoms with Gasteiger partial charge in [-0.3, -0.25) is 0 Å². The van der Waals surface area contributed by atoms with E-state index in [0.717, 1.165) is 23.6 Å². The molecule has 0 bridgehead atoms. The predicted molar refractivity (Wildman–Crippen MR) is 84.3 cm³/mol. The van der Waals surface area contributed by atoms with Crippen LogP contribution in [0.1, 0.15) is 5.69 Å². The number of nitrogens with one attached hydrogen (secondary N) is 1. The maximum Gasteiger partial charge on any atom is 0.137 e. The lowest BCUT2D eigenvalue weighted by Gasteiger charge is -2.04. The molecule has 3 aromatic heterocycles. The average Bonchev–Trinajstić information content (AvgIpc) is 3.10. The van der Waals surface area contributed by atoms with Crippen LogP contribution in [-0.2, 0) is 6.54 Å². The van der Waals surface area contributed by atoms with Crippen molar-refractivity contribution in [2.24, 2.45) is 0 Å². The zero-order chi connectivity index (χ0) is 13.4. The van der Waals surface area contributed by atoms with Gasteiger partial charge in [-0.05, 0) is 47.2 Å². The van der Waals surface area contributed by atoms with Crippen molar-refractivity contribution in [3.8, 4) is 0 Å². The third kappa shape index (κ3) is 2.04. The van der Waals surface area contributed by atoms with Crippen LogP contribution in [0.25, 0.3) is 15.7 Å². The highest BCUT2D eigenvalue weighted by Crippen LogP contribution is 2.24. The maximum atomic E-state index is 4.58. The van der Waals surface area contributed by atoms with Crippen molar-refractivity contribution in [1.82, 2.24) is 9.38 Å². The highest BCUT2D eigenvalue weighted by atomic mass is 32.1. The molecule has 4 heteroatoms.